The van der Waals surface area contributed by atoms with E-state index >= 15 is 0 Å². The van der Waals surface area contributed by atoms with E-state index in [1.165, 1.54) is 38.5 Å². The molecule has 1 fully saturated rings. The molecular weight excluding hydrogens is 257 g/mol. The number of ether oxygens (including phenoxy) is 1. The van der Waals surface area contributed by atoms with Crippen LogP contribution in [0.1, 0.15) is 54.9 Å². The molecule has 4 heteroatoms. The first kappa shape index (κ1) is 15.0. The molecule has 1 saturated carbocycles. The molecular formula is C16H22FNO2. The van der Waals surface area contributed by atoms with Crippen LogP contribution >= 0.6 is 0 Å². The quantitative estimate of drug-likeness (QED) is 0.858. The lowest BCUT2D eigenvalue weighted by molar-refractivity contribution is 0.0595. The molecule has 2 rings (SSSR count). The van der Waals surface area contributed by atoms with Crippen molar-refractivity contribution in [2.45, 2.75) is 51.1 Å². The maximum absolute atomic E-state index is 13.8. The first-order valence-corrected chi connectivity index (χ1v) is 7.16. The fourth-order valence-electron chi connectivity index (χ4n) is 2.77. The molecule has 0 radical (unpaired) electrons. The van der Waals surface area contributed by atoms with Gasteiger partial charge in [-0.2, -0.15) is 0 Å². The minimum absolute atomic E-state index is 0.0138. The molecule has 1 aliphatic rings. The van der Waals surface area contributed by atoms with Gasteiger partial charge in [-0.15, -0.1) is 0 Å². The van der Waals surface area contributed by atoms with Gasteiger partial charge in [-0.05, 0) is 37.5 Å². The third-order valence-electron chi connectivity index (χ3n) is 4.12. The van der Waals surface area contributed by atoms with Gasteiger partial charge in [0.1, 0.15) is 5.82 Å². The van der Waals surface area contributed by atoms with E-state index in [0.717, 1.165) is 18.4 Å². The standard InChI is InChI=1S/C16H22FNO2/c1-16(8-4-3-5-9-16)18-11-12-6-7-13(14(17)10-12)15(19)20-2/h6-7,10,18H,3-5,8-9,11H2,1-2H3. The highest BCUT2D eigenvalue weighted by atomic mass is 19.1. The van der Waals surface area contributed by atoms with Crippen molar-refractivity contribution in [1.82, 2.24) is 5.32 Å². The van der Waals surface area contributed by atoms with E-state index in [1.54, 1.807) is 6.07 Å². The van der Waals surface area contributed by atoms with E-state index < -0.39 is 11.8 Å². The Morgan fingerprint density at radius 3 is 2.65 bits per heavy atom. The van der Waals surface area contributed by atoms with E-state index in [-0.39, 0.29) is 11.1 Å². The highest BCUT2D eigenvalue weighted by Gasteiger charge is 2.25. The Bertz CT molecular complexity index is 481. The van der Waals surface area contributed by atoms with Crippen molar-refractivity contribution in [3.63, 3.8) is 0 Å². The van der Waals surface area contributed by atoms with E-state index in [2.05, 4.69) is 17.0 Å². The van der Waals surface area contributed by atoms with Gasteiger partial charge in [-0.1, -0.05) is 25.3 Å². The maximum Gasteiger partial charge on any atom is 0.340 e. The van der Waals surface area contributed by atoms with Crippen LogP contribution < -0.4 is 5.32 Å². The van der Waals surface area contributed by atoms with Gasteiger partial charge in [0, 0.05) is 12.1 Å². The SMILES string of the molecule is COC(=O)c1ccc(CNC2(C)CCCCC2)cc1F. The summed E-state index contributed by atoms with van der Waals surface area (Å²) in [6.07, 6.45) is 6.13. The van der Waals surface area contributed by atoms with Crippen LogP contribution in [0.5, 0.6) is 0 Å². The van der Waals surface area contributed by atoms with Gasteiger partial charge in [-0.3, -0.25) is 0 Å². The number of nitrogens with one attached hydrogen (secondary N) is 1. The van der Waals surface area contributed by atoms with Crippen LogP contribution in [0.15, 0.2) is 18.2 Å². The molecule has 3 nitrogen and oxygen atoms in total. The Morgan fingerprint density at radius 1 is 1.35 bits per heavy atom. The Morgan fingerprint density at radius 2 is 2.05 bits per heavy atom. The number of carbonyl (C=O) groups excluding carboxylic acids is 1. The van der Waals surface area contributed by atoms with Gasteiger partial charge >= 0.3 is 5.97 Å². The Hall–Kier alpha value is -1.42. The zero-order valence-corrected chi connectivity index (χ0v) is 12.2. The minimum atomic E-state index is -0.638. The van der Waals surface area contributed by atoms with Gasteiger partial charge in [0.25, 0.3) is 0 Å². The molecule has 0 aliphatic heterocycles. The molecule has 0 bridgehead atoms. The second kappa shape index (κ2) is 6.35. The lowest BCUT2D eigenvalue weighted by Gasteiger charge is -2.34. The number of halogens is 1. The van der Waals surface area contributed by atoms with E-state index in [0.29, 0.717) is 6.54 Å². The van der Waals surface area contributed by atoms with Crippen LogP contribution in [0, 0.1) is 5.82 Å². The fourth-order valence-corrected chi connectivity index (χ4v) is 2.77. The summed E-state index contributed by atoms with van der Waals surface area (Å²) >= 11 is 0. The van der Waals surface area contributed by atoms with Gasteiger partial charge in [0.05, 0.1) is 12.7 Å². The van der Waals surface area contributed by atoms with Crippen LogP contribution in [0.25, 0.3) is 0 Å². The number of carbonyl (C=O) groups is 1. The van der Waals surface area contributed by atoms with Crippen molar-refractivity contribution in [2.24, 2.45) is 0 Å². The molecule has 1 aromatic carbocycles. The summed E-state index contributed by atoms with van der Waals surface area (Å²) in [7, 11) is 1.25. The first-order valence-electron chi connectivity index (χ1n) is 7.16. The summed E-state index contributed by atoms with van der Waals surface area (Å²) in [6.45, 7) is 2.85. The third-order valence-corrected chi connectivity index (χ3v) is 4.12. The van der Waals surface area contributed by atoms with Crippen molar-refractivity contribution in [1.29, 1.82) is 0 Å². The third kappa shape index (κ3) is 3.57. The number of benzene rings is 1. The summed E-state index contributed by atoms with van der Waals surface area (Å²) in [5, 5.41) is 3.52. The molecule has 20 heavy (non-hydrogen) atoms. The van der Waals surface area contributed by atoms with Crippen LogP contribution in [-0.4, -0.2) is 18.6 Å². The van der Waals surface area contributed by atoms with Crippen LogP contribution in [0.3, 0.4) is 0 Å². The predicted octanol–water partition coefficient (Wildman–Crippen LogP) is 3.42. The van der Waals surface area contributed by atoms with Crippen molar-refractivity contribution in [3.05, 3.63) is 35.1 Å². The number of hydrogen-bond donors (Lipinski definition) is 1. The van der Waals surface area contributed by atoms with Crippen LogP contribution in [0.4, 0.5) is 4.39 Å². The smallest absolute Gasteiger partial charge is 0.340 e. The highest BCUT2D eigenvalue weighted by molar-refractivity contribution is 5.89. The molecule has 110 valence electrons. The van der Waals surface area contributed by atoms with E-state index in [1.807, 2.05) is 0 Å². The highest BCUT2D eigenvalue weighted by Crippen LogP contribution is 2.27. The van der Waals surface area contributed by atoms with Crippen molar-refractivity contribution in [3.8, 4) is 0 Å². The molecule has 0 spiro atoms. The second-order valence-electron chi connectivity index (χ2n) is 5.78. The Kier molecular flexibility index (Phi) is 4.76. The van der Waals surface area contributed by atoms with E-state index in [9.17, 15) is 9.18 Å². The molecule has 0 atom stereocenters. The van der Waals surface area contributed by atoms with Crippen LogP contribution in [-0.2, 0) is 11.3 Å². The molecule has 0 saturated heterocycles. The zero-order valence-electron chi connectivity index (χ0n) is 12.2. The van der Waals surface area contributed by atoms with Gasteiger partial charge in [-0.25, -0.2) is 9.18 Å². The van der Waals surface area contributed by atoms with Crippen molar-refractivity contribution in [2.75, 3.05) is 7.11 Å². The second-order valence-corrected chi connectivity index (χ2v) is 5.78. The summed E-state index contributed by atoms with van der Waals surface area (Å²) < 4.78 is 18.4. The average molecular weight is 279 g/mol. The maximum atomic E-state index is 13.8. The van der Waals surface area contributed by atoms with Gasteiger partial charge in [0.15, 0.2) is 0 Å². The summed E-state index contributed by atoms with van der Waals surface area (Å²) in [4.78, 5) is 11.3. The first-order chi connectivity index (χ1) is 9.54. The minimum Gasteiger partial charge on any atom is -0.465 e. The zero-order chi connectivity index (χ0) is 14.6. The Labute approximate surface area is 119 Å². The largest absolute Gasteiger partial charge is 0.465 e. The number of hydrogen-bond acceptors (Lipinski definition) is 3. The van der Waals surface area contributed by atoms with Gasteiger partial charge < -0.3 is 10.1 Å². The number of methoxy groups -OCH3 is 1. The molecule has 1 aromatic rings. The topological polar surface area (TPSA) is 38.3 Å². The molecule has 0 aromatic heterocycles. The molecule has 0 amide bonds. The summed E-state index contributed by atoms with van der Waals surface area (Å²) in [5.41, 5.74) is 0.984. The predicted molar refractivity (Wildman–Crippen MR) is 76.1 cm³/mol. The summed E-state index contributed by atoms with van der Waals surface area (Å²) in [5.74, 6) is -1.16. The molecule has 0 heterocycles. The lowest BCUT2D eigenvalue weighted by atomic mass is 9.83. The average Bonchev–Trinajstić information content (AvgIpc) is 2.45. The lowest BCUT2D eigenvalue weighted by Crippen LogP contribution is -2.43. The summed E-state index contributed by atoms with van der Waals surface area (Å²) in [6, 6.07) is 4.67. The fraction of sp³-hybridized carbons (Fsp3) is 0.562. The number of rotatable bonds is 4. The van der Waals surface area contributed by atoms with Crippen molar-refractivity contribution >= 4 is 5.97 Å². The van der Waals surface area contributed by atoms with E-state index in [4.69, 9.17) is 0 Å². The normalized spacial score (nSPS) is 17.8. The Balaban J connectivity index is 2.00. The molecule has 0 unspecified atom stereocenters. The monoisotopic (exact) mass is 279 g/mol. The van der Waals surface area contributed by atoms with Crippen LogP contribution in [0.2, 0.25) is 0 Å². The molecule has 1 N–H and O–H groups in total. The molecule has 1 aliphatic carbocycles. The number of esters is 1. The van der Waals surface area contributed by atoms with Gasteiger partial charge in [0.2, 0.25) is 0 Å². The van der Waals surface area contributed by atoms with Crippen molar-refractivity contribution < 1.29 is 13.9 Å².